The van der Waals surface area contributed by atoms with Crippen LogP contribution in [0.4, 0.5) is 11.5 Å². The lowest BCUT2D eigenvalue weighted by Crippen LogP contribution is -2.50. The molecule has 0 aliphatic carbocycles. The Kier molecular flexibility index (Phi) is 6.38. The number of anilines is 2. The van der Waals surface area contributed by atoms with Crippen molar-refractivity contribution in [3.05, 3.63) is 54.2 Å². The smallest absolute Gasteiger partial charge is 0.250 e. The molecule has 1 aliphatic rings. The molecule has 0 saturated carbocycles. The molecule has 0 radical (unpaired) electrons. The number of ether oxygens (including phenoxy) is 1. The van der Waals surface area contributed by atoms with Crippen LogP contribution in [0.15, 0.2) is 48.7 Å². The Bertz CT molecular complexity index is 757. The highest BCUT2D eigenvalue weighted by atomic mass is 16.5. The van der Waals surface area contributed by atoms with Gasteiger partial charge in [-0.3, -0.25) is 9.59 Å². The van der Waals surface area contributed by atoms with E-state index >= 15 is 0 Å². The summed E-state index contributed by atoms with van der Waals surface area (Å²) in [5.74, 6) is 0.555. The molecule has 27 heavy (non-hydrogen) atoms. The molecule has 7 nitrogen and oxygen atoms in total. The van der Waals surface area contributed by atoms with Crippen LogP contribution < -0.4 is 10.2 Å². The van der Waals surface area contributed by atoms with Crippen LogP contribution in [0.1, 0.15) is 5.56 Å². The van der Waals surface area contributed by atoms with Crippen LogP contribution >= 0.6 is 0 Å². The third-order valence-electron chi connectivity index (χ3n) is 4.40. The zero-order valence-corrected chi connectivity index (χ0v) is 15.4. The molecule has 2 amide bonds. The van der Waals surface area contributed by atoms with Crippen molar-refractivity contribution >= 4 is 23.3 Å². The van der Waals surface area contributed by atoms with E-state index in [0.717, 1.165) is 24.5 Å². The summed E-state index contributed by atoms with van der Waals surface area (Å²) in [4.78, 5) is 32.4. The van der Waals surface area contributed by atoms with Crippen molar-refractivity contribution in [2.75, 3.05) is 49.6 Å². The van der Waals surface area contributed by atoms with Gasteiger partial charge >= 0.3 is 0 Å². The standard InChI is InChI=1S/C20H24N4O3/c1-16-5-7-17(8-6-16)22-19(25)14-27-15-20(26)24-12-10-23(11-13-24)18-4-2-3-9-21-18/h2-9H,10-15H2,1H3,(H,22,25). The van der Waals surface area contributed by atoms with Crippen LogP contribution in [0.25, 0.3) is 0 Å². The van der Waals surface area contributed by atoms with Gasteiger partial charge in [-0.25, -0.2) is 4.98 Å². The molecule has 1 N–H and O–H groups in total. The van der Waals surface area contributed by atoms with Crippen molar-refractivity contribution in [1.82, 2.24) is 9.88 Å². The Morgan fingerprint density at radius 1 is 1.04 bits per heavy atom. The predicted octanol–water partition coefficient (Wildman–Crippen LogP) is 1.69. The van der Waals surface area contributed by atoms with Crippen LogP contribution in [0.5, 0.6) is 0 Å². The molecule has 0 unspecified atom stereocenters. The summed E-state index contributed by atoms with van der Waals surface area (Å²) in [6, 6.07) is 13.3. The van der Waals surface area contributed by atoms with E-state index in [1.807, 2.05) is 49.4 Å². The quantitative estimate of drug-likeness (QED) is 0.840. The number of benzene rings is 1. The molecule has 1 aromatic carbocycles. The predicted molar refractivity (Wildman–Crippen MR) is 104 cm³/mol. The number of carbonyl (C=O) groups is 2. The third-order valence-corrected chi connectivity index (χ3v) is 4.40. The molecule has 2 heterocycles. The molecule has 1 saturated heterocycles. The topological polar surface area (TPSA) is 74.8 Å². The van der Waals surface area contributed by atoms with Gasteiger partial charge in [0.25, 0.3) is 0 Å². The third kappa shape index (κ3) is 5.52. The van der Waals surface area contributed by atoms with Crippen LogP contribution in [0.2, 0.25) is 0 Å². The van der Waals surface area contributed by atoms with Gasteiger partial charge in [-0.05, 0) is 31.2 Å². The number of hydrogen-bond acceptors (Lipinski definition) is 5. The molecule has 142 valence electrons. The van der Waals surface area contributed by atoms with E-state index in [-0.39, 0.29) is 25.0 Å². The first kappa shape index (κ1) is 18.8. The summed E-state index contributed by atoms with van der Waals surface area (Å²) in [6.07, 6.45) is 1.77. The molecule has 2 aromatic rings. The van der Waals surface area contributed by atoms with Crippen LogP contribution in [-0.2, 0) is 14.3 Å². The fraction of sp³-hybridized carbons (Fsp3) is 0.350. The zero-order chi connectivity index (χ0) is 19.1. The fourth-order valence-corrected chi connectivity index (χ4v) is 2.88. The largest absolute Gasteiger partial charge is 0.362 e. The lowest BCUT2D eigenvalue weighted by Gasteiger charge is -2.35. The summed E-state index contributed by atoms with van der Waals surface area (Å²) in [7, 11) is 0. The second kappa shape index (κ2) is 9.14. The number of carbonyl (C=O) groups excluding carboxylic acids is 2. The van der Waals surface area contributed by atoms with Gasteiger partial charge in [-0.2, -0.15) is 0 Å². The highest BCUT2D eigenvalue weighted by Gasteiger charge is 2.21. The van der Waals surface area contributed by atoms with E-state index in [1.165, 1.54) is 0 Å². The van der Waals surface area contributed by atoms with E-state index in [9.17, 15) is 9.59 Å². The van der Waals surface area contributed by atoms with E-state index < -0.39 is 0 Å². The second-order valence-corrected chi connectivity index (χ2v) is 6.46. The number of amides is 2. The number of pyridine rings is 1. The van der Waals surface area contributed by atoms with E-state index in [4.69, 9.17) is 4.74 Å². The SMILES string of the molecule is Cc1ccc(NC(=O)COCC(=O)N2CCN(c3ccccn3)CC2)cc1. The van der Waals surface area contributed by atoms with Crippen LogP contribution in [0.3, 0.4) is 0 Å². The summed E-state index contributed by atoms with van der Waals surface area (Å²) >= 11 is 0. The first-order valence-electron chi connectivity index (χ1n) is 9.00. The Hall–Kier alpha value is -2.93. The molecule has 1 fully saturated rings. The van der Waals surface area contributed by atoms with Crippen molar-refractivity contribution < 1.29 is 14.3 Å². The highest BCUT2D eigenvalue weighted by molar-refractivity contribution is 5.91. The first-order chi connectivity index (χ1) is 13.1. The Balaban J connectivity index is 1.36. The van der Waals surface area contributed by atoms with Crippen LogP contribution in [0, 0.1) is 6.92 Å². The minimum atomic E-state index is -0.272. The summed E-state index contributed by atoms with van der Waals surface area (Å²) in [5.41, 5.74) is 1.84. The van der Waals surface area contributed by atoms with Crippen molar-refractivity contribution in [2.45, 2.75) is 6.92 Å². The number of rotatable bonds is 6. The number of nitrogens with one attached hydrogen (secondary N) is 1. The molecule has 0 spiro atoms. The highest BCUT2D eigenvalue weighted by Crippen LogP contribution is 2.12. The average molecular weight is 368 g/mol. The van der Waals surface area contributed by atoms with Gasteiger partial charge in [-0.15, -0.1) is 0 Å². The van der Waals surface area contributed by atoms with Gasteiger partial charge in [0.2, 0.25) is 11.8 Å². The molecule has 1 aliphatic heterocycles. The van der Waals surface area contributed by atoms with Crippen molar-refractivity contribution in [3.63, 3.8) is 0 Å². The van der Waals surface area contributed by atoms with Crippen molar-refractivity contribution in [1.29, 1.82) is 0 Å². The fourth-order valence-electron chi connectivity index (χ4n) is 2.88. The maximum Gasteiger partial charge on any atom is 0.250 e. The Labute approximate surface area is 158 Å². The lowest BCUT2D eigenvalue weighted by atomic mass is 10.2. The van der Waals surface area contributed by atoms with E-state index in [0.29, 0.717) is 18.8 Å². The molecule has 7 heteroatoms. The number of aromatic nitrogens is 1. The van der Waals surface area contributed by atoms with Gasteiger partial charge in [-0.1, -0.05) is 23.8 Å². The monoisotopic (exact) mass is 368 g/mol. The molecule has 3 rings (SSSR count). The number of piperazine rings is 1. The van der Waals surface area contributed by atoms with Gasteiger partial charge in [0.15, 0.2) is 0 Å². The van der Waals surface area contributed by atoms with Crippen molar-refractivity contribution in [3.8, 4) is 0 Å². The number of hydrogen-bond donors (Lipinski definition) is 1. The normalized spacial score (nSPS) is 14.1. The summed E-state index contributed by atoms with van der Waals surface area (Å²) < 4.78 is 5.29. The van der Waals surface area contributed by atoms with E-state index in [2.05, 4.69) is 15.2 Å². The minimum Gasteiger partial charge on any atom is -0.362 e. The second-order valence-electron chi connectivity index (χ2n) is 6.46. The van der Waals surface area contributed by atoms with Gasteiger partial charge in [0.1, 0.15) is 19.0 Å². The van der Waals surface area contributed by atoms with Gasteiger partial charge < -0.3 is 19.9 Å². The molecule has 0 bridgehead atoms. The van der Waals surface area contributed by atoms with Gasteiger partial charge in [0, 0.05) is 38.1 Å². The number of aryl methyl sites for hydroxylation is 1. The number of nitrogens with zero attached hydrogens (tertiary/aromatic N) is 3. The molecular formula is C20H24N4O3. The molecule has 1 aromatic heterocycles. The summed E-state index contributed by atoms with van der Waals surface area (Å²) in [5, 5.41) is 2.74. The average Bonchev–Trinajstić information content (AvgIpc) is 2.70. The maximum absolute atomic E-state index is 12.3. The van der Waals surface area contributed by atoms with Crippen molar-refractivity contribution in [2.24, 2.45) is 0 Å². The maximum atomic E-state index is 12.3. The lowest BCUT2D eigenvalue weighted by molar-refractivity contribution is -0.137. The molecule has 0 atom stereocenters. The van der Waals surface area contributed by atoms with Gasteiger partial charge in [0.05, 0.1) is 0 Å². The summed E-state index contributed by atoms with van der Waals surface area (Å²) in [6.45, 7) is 4.45. The Morgan fingerprint density at radius 3 is 2.44 bits per heavy atom. The van der Waals surface area contributed by atoms with Crippen LogP contribution in [-0.4, -0.2) is 61.1 Å². The molecular weight excluding hydrogens is 344 g/mol. The zero-order valence-electron chi connectivity index (χ0n) is 15.4. The first-order valence-corrected chi connectivity index (χ1v) is 9.00. The van der Waals surface area contributed by atoms with E-state index in [1.54, 1.807) is 11.1 Å². The Morgan fingerprint density at radius 2 is 1.78 bits per heavy atom. The minimum absolute atomic E-state index is 0.0924.